The van der Waals surface area contributed by atoms with Crippen LogP contribution in [0.25, 0.3) is 0 Å². The average molecular weight is 390 g/mol. The fourth-order valence-corrected chi connectivity index (χ4v) is 2.66. The van der Waals surface area contributed by atoms with Crippen molar-refractivity contribution in [2.24, 2.45) is 5.10 Å². The van der Waals surface area contributed by atoms with Crippen LogP contribution in [-0.4, -0.2) is 26.3 Å². The lowest BCUT2D eigenvalue weighted by atomic mass is 10.2. The molecule has 3 aromatic rings. The van der Waals surface area contributed by atoms with Gasteiger partial charge in [-0.05, 0) is 35.9 Å². The number of hydrogen-bond donors (Lipinski definition) is 1. The highest BCUT2D eigenvalue weighted by molar-refractivity contribution is 5.95. The van der Waals surface area contributed by atoms with E-state index in [0.29, 0.717) is 29.4 Å². The number of rotatable bonds is 8. The summed E-state index contributed by atoms with van der Waals surface area (Å²) in [5.74, 6) is 1.35. The first-order valence-corrected chi connectivity index (χ1v) is 9.02. The summed E-state index contributed by atoms with van der Waals surface area (Å²) in [4.78, 5) is 12.3. The smallest absolute Gasteiger partial charge is 0.271 e. The van der Waals surface area contributed by atoms with Crippen LogP contribution in [0.15, 0.2) is 77.9 Å². The minimum absolute atomic E-state index is 0.357. The molecule has 0 aromatic heterocycles. The SMILES string of the molecule is COc1ccc(C(=O)N/N=C\c2ccccc2OCc2ccccc2)cc1OC. The number of nitrogens with one attached hydrogen (secondary N) is 1. The normalized spacial score (nSPS) is 10.6. The number of carbonyl (C=O) groups excluding carboxylic acids is 1. The summed E-state index contributed by atoms with van der Waals surface area (Å²) in [6, 6.07) is 22.3. The van der Waals surface area contributed by atoms with Gasteiger partial charge in [-0.1, -0.05) is 42.5 Å². The number of amides is 1. The molecule has 0 bridgehead atoms. The Hall–Kier alpha value is -3.80. The van der Waals surface area contributed by atoms with Crippen LogP contribution in [0.2, 0.25) is 0 Å². The molecule has 0 atom stereocenters. The summed E-state index contributed by atoms with van der Waals surface area (Å²) in [5.41, 5.74) is 4.76. The average Bonchev–Trinajstić information content (AvgIpc) is 2.78. The van der Waals surface area contributed by atoms with E-state index < -0.39 is 0 Å². The first-order chi connectivity index (χ1) is 14.2. The maximum Gasteiger partial charge on any atom is 0.271 e. The molecule has 0 saturated heterocycles. The van der Waals surface area contributed by atoms with Crippen LogP contribution in [0.5, 0.6) is 17.2 Å². The Bertz CT molecular complexity index is 987. The largest absolute Gasteiger partial charge is 0.493 e. The molecule has 0 aliphatic rings. The minimum atomic E-state index is -0.357. The lowest BCUT2D eigenvalue weighted by Gasteiger charge is -2.09. The lowest BCUT2D eigenvalue weighted by Crippen LogP contribution is -2.17. The highest BCUT2D eigenvalue weighted by Crippen LogP contribution is 2.27. The first-order valence-electron chi connectivity index (χ1n) is 9.02. The zero-order chi connectivity index (χ0) is 20.5. The molecule has 6 heteroatoms. The Labute approximate surface area is 169 Å². The molecule has 0 radical (unpaired) electrons. The van der Waals surface area contributed by atoms with E-state index in [1.165, 1.54) is 7.11 Å². The van der Waals surface area contributed by atoms with E-state index in [1.54, 1.807) is 31.5 Å². The van der Waals surface area contributed by atoms with Crippen LogP contribution in [-0.2, 0) is 6.61 Å². The predicted molar refractivity (Wildman–Crippen MR) is 112 cm³/mol. The first kappa shape index (κ1) is 19.9. The van der Waals surface area contributed by atoms with Crippen molar-refractivity contribution in [3.63, 3.8) is 0 Å². The molecule has 3 aromatic carbocycles. The predicted octanol–water partition coefficient (Wildman–Crippen LogP) is 4.05. The maximum atomic E-state index is 12.3. The van der Waals surface area contributed by atoms with Crippen LogP contribution in [0, 0.1) is 0 Å². The molecule has 1 amide bonds. The van der Waals surface area contributed by atoms with Crippen LogP contribution in [0.1, 0.15) is 21.5 Å². The molecule has 0 aliphatic carbocycles. The van der Waals surface area contributed by atoms with E-state index in [9.17, 15) is 4.79 Å². The van der Waals surface area contributed by atoms with Crippen LogP contribution in [0.4, 0.5) is 0 Å². The molecular formula is C23H22N2O4. The highest BCUT2D eigenvalue weighted by Gasteiger charge is 2.10. The number of benzene rings is 3. The van der Waals surface area contributed by atoms with Gasteiger partial charge in [0.1, 0.15) is 12.4 Å². The van der Waals surface area contributed by atoms with Gasteiger partial charge in [-0.15, -0.1) is 0 Å². The second kappa shape index (κ2) is 9.94. The second-order valence-electron chi connectivity index (χ2n) is 6.08. The summed E-state index contributed by atoms with van der Waals surface area (Å²) in [6.07, 6.45) is 1.55. The number of ether oxygens (including phenoxy) is 3. The zero-order valence-corrected chi connectivity index (χ0v) is 16.3. The van der Waals surface area contributed by atoms with Gasteiger partial charge in [-0.2, -0.15) is 5.10 Å². The van der Waals surface area contributed by atoms with Gasteiger partial charge in [-0.3, -0.25) is 4.79 Å². The summed E-state index contributed by atoms with van der Waals surface area (Å²) in [6.45, 7) is 0.448. The molecule has 29 heavy (non-hydrogen) atoms. The van der Waals surface area contributed by atoms with Crippen molar-refractivity contribution in [1.29, 1.82) is 0 Å². The van der Waals surface area contributed by atoms with E-state index in [2.05, 4.69) is 10.5 Å². The van der Waals surface area contributed by atoms with E-state index in [1.807, 2.05) is 54.6 Å². The summed E-state index contributed by atoms with van der Waals surface area (Å²) < 4.78 is 16.3. The molecule has 0 unspecified atom stereocenters. The number of hydrogen-bond acceptors (Lipinski definition) is 5. The fourth-order valence-electron chi connectivity index (χ4n) is 2.66. The molecular weight excluding hydrogens is 368 g/mol. The zero-order valence-electron chi connectivity index (χ0n) is 16.3. The van der Waals surface area contributed by atoms with Crippen LogP contribution < -0.4 is 19.6 Å². The standard InChI is InChI=1S/C23H22N2O4/c1-27-21-13-12-18(14-22(21)28-2)23(26)25-24-15-19-10-6-7-11-20(19)29-16-17-8-4-3-5-9-17/h3-15H,16H2,1-2H3,(H,25,26)/b24-15-. The Morgan fingerprint density at radius 3 is 2.38 bits per heavy atom. The molecule has 0 fully saturated rings. The van der Waals surface area contributed by atoms with Crippen LogP contribution >= 0.6 is 0 Å². The van der Waals surface area contributed by atoms with E-state index in [4.69, 9.17) is 14.2 Å². The van der Waals surface area contributed by atoms with Crippen molar-refractivity contribution in [2.45, 2.75) is 6.61 Å². The van der Waals surface area contributed by atoms with Crippen molar-refractivity contribution in [1.82, 2.24) is 5.43 Å². The maximum absolute atomic E-state index is 12.3. The number of para-hydroxylation sites is 1. The molecule has 0 heterocycles. The topological polar surface area (TPSA) is 69.2 Å². The van der Waals surface area contributed by atoms with E-state index in [0.717, 1.165) is 11.1 Å². The molecule has 3 rings (SSSR count). The molecule has 0 saturated carbocycles. The van der Waals surface area contributed by atoms with Gasteiger partial charge in [0.05, 0.1) is 20.4 Å². The molecule has 6 nitrogen and oxygen atoms in total. The van der Waals surface area contributed by atoms with Gasteiger partial charge in [0, 0.05) is 11.1 Å². The van der Waals surface area contributed by atoms with Gasteiger partial charge < -0.3 is 14.2 Å². The van der Waals surface area contributed by atoms with Crippen molar-refractivity contribution < 1.29 is 19.0 Å². The van der Waals surface area contributed by atoms with E-state index in [-0.39, 0.29) is 5.91 Å². The van der Waals surface area contributed by atoms with Crippen LogP contribution in [0.3, 0.4) is 0 Å². The number of methoxy groups -OCH3 is 2. The summed E-state index contributed by atoms with van der Waals surface area (Å²) >= 11 is 0. The Kier molecular flexibility index (Phi) is 6.84. The van der Waals surface area contributed by atoms with Crippen molar-refractivity contribution >= 4 is 12.1 Å². The number of nitrogens with zero attached hydrogens (tertiary/aromatic N) is 1. The lowest BCUT2D eigenvalue weighted by molar-refractivity contribution is 0.0954. The van der Waals surface area contributed by atoms with Crippen molar-refractivity contribution in [2.75, 3.05) is 14.2 Å². The van der Waals surface area contributed by atoms with Gasteiger partial charge in [0.15, 0.2) is 11.5 Å². The van der Waals surface area contributed by atoms with Gasteiger partial charge in [-0.25, -0.2) is 5.43 Å². The van der Waals surface area contributed by atoms with Gasteiger partial charge in [0.25, 0.3) is 5.91 Å². The monoisotopic (exact) mass is 390 g/mol. The van der Waals surface area contributed by atoms with Crippen molar-refractivity contribution in [3.8, 4) is 17.2 Å². The van der Waals surface area contributed by atoms with Gasteiger partial charge in [0.2, 0.25) is 0 Å². The molecule has 148 valence electrons. The number of hydrazone groups is 1. The third-order valence-electron chi connectivity index (χ3n) is 4.17. The Morgan fingerprint density at radius 1 is 0.897 bits per heavy atom. The third kappa shape index (κ3) is 5.35. The molecule has 0 spiro atoms. The van der Waals surface area contributed by atoms with E-state index >= 15 is 0 Å². The second-order valence-corrected chi connectivity index (χ2v) is 6.08. The quantitative estimate of drug-likeness (QED) is 0.465. The molecule has 0 aliphatic heterocycles. The Balaban J connectivity index is 1.65. The molecule has 1 N–H and O–H groups in total. The fraction of sp³-hybridized carbons (Fsp3) is 0.130. The Morgan fingerprint density at radius 2 is 1.62 bits per heavy atom. The third-order valence-corrected chi connectivity index (χ3v) is 4.17. The highest BCUT2D eigenvalue weighted by atomic mass is 16.5. The van der Waals surface area contributed by atoms with Gasteiger partial charge >= 0.3 is 0 Å². The van der Waals surface area contributed by atoms with Crippen molar-refractivity contribution in [3.05, 3.63) is 89.5 Å². The minimum Gasteiger partial charge on any atom is -0.493 e. The number of carbonyl (C=O) groups is 1. The summed E-state index contributed by atoms with van der Waals surface area (Å²) in [7, 11) is 3.06. The summed E-state index contributed by atoms with van der Waals surface area (Å²) in [5, 5.41) is 4.06.